The Morgan fingerprint density at radius 1 is 0.968 bits per heavy atom. The summed E-state index contributed by atoms with van der Waals surface area (Å²) in [6.45, 7) is 0.597. The third-order valence-corrected chi connectivity index (χ3v) is 6.51. The Bertz CT molecular complexity index is 1220. The lowest BCUT2D eigenvalue weighted by atomic mass is 10.2. The molecule has 0 aliphatic carbocycles. The van der Waals surface area contributed by atoms with Gasteiger partial charge in [-0.15, -0.1) is 0 Å². The number of anilines is 1. The highest BCUT2D eigenvalue weighted by molar-refractivity contribution is 14.1. The van der Waals surface area contributed by atoms with Crippen molar-refractivity contribution in [1.29, 1.82) is 0 Å². The maximum Gasteiger partial charge on any atom is 0.241 e. The van der Waals surface area contributed by atoms with Gasteiger partial charge in [-0.3, -0.25) is 4.79 Å². The van der Waals surface area contributed by atoms with Gasteiger partial charge in [0.25, 0.3) is 0 Å². The molecule has 0 aliphatic heterocycles. The summed E-state index contributed by atoms with van der Waals surface area (Å²) in [4.78, 5) is 14.4. The topological polar surface area (TPSA) is 49.6 Å². The summed E-state index contributed by atoms with van der Waals surface area (Å²) >= 11 is 4.68. The quantitative estimate of drug-likeness (QED) is 0.170. The number of fused-ring (bicyclic) bond motifs is 3. The number of carbonyl (C=O) groups is 1. The largest absolute Gasteiger partial charge is 0.378 e. The van der Waals surface area contributed by atoms with Crippen molar-refractivity contribution >= 4 is 84.8 Å². The molecule has 0 unspecified atom stereocenters. The zero-order valence-corrected chi connectivity index (χ0v) is 21.6. The van der Waals surface area contributed by atoms with Crippen molar-refractivity contribution in [3.63, 3.8) is 0 Å². The number of nitrogens with zero attached hydrogens (tertiary/aromatic N) is 3. The van der Waals surface area contributed by atoms with Crippen molar-refractivity contribution in [2.75, 3.05) is 19.0 Å². The maximum absolute atomic E-state index is 12.4. The molecular weight excluding hydrogens is 614 g/mol. The molecular formula is C24H22I2N4O. The monoisotopic (exact) mass is 636 g/mol. The van der Waals surface area contributed by atoms with Gasteiger partial charge < -0.3 is 9.47 Å². The Labute approximate surface area is 208 Å². The molecule has 4 aromatic rings. The van der Waals surface area contributed by atoms with E-state index >= 15 is 0 Å². The first kappa shape index (κ1) is 22.1. The summed E-state index contributed by atoms with van der Waals surface area (Å²) in [5, 5.41) is 6.56. The Kier molecular flexibility index (Phi) is 6.80. The van der Waals surface area contributed by atoms with Crippen LogP contribution in [-0.4, -0.2) is 30.8 Å². The maximum atomic E-state index is 12.4. The fourth-order valence-electron chi connectivity index (χ4n) is 3.60. The van der Waals surface area contributed by atoms with Crippen LogP contribution in [0.2, 0.25) is 0 Å². The fraction of sp³-hybridized carbons (Fsp3) is 0.167. The van der Waals surface area contributed by atoms with E-state index in [1.807, 2.05) is 43.3 Å². The summed E-state index contributed by atoms with van der Waals surface area (Å²) in [7, 11) is 4.00. The molecule has 31 heavy (non-hydrogen) atoms. The number of halogens is 2. The lowest BCUT2D eigenvalue weighted by Gasteiger charge is -2.11. The minimum atomic E-state index is -0.104. The van der Waals surface area contributed by atoms with Crippen molar-refractivity contribution in [3.8, 4) is 0 Å². The Hall–Kier alpha value is -2.14. The molecule has 1 aromatic heterocycles. The molecule has 4 rings (SSSR count). The van der Waals surface area contributed by atoms with Crippen LogP contribution in [0.25, 0.3) is 21.8 Å². The third kappa shape index (κ3) is 5.03. The summed E-state index contributed by atoms with van der Waals surface area (Å²) in [5.41, 5.74) is 7.01. The fourth-order valence-corrected chi connectivity index (χ4v) is 4.58. The van der Waals surface area contributed by atoms with E-state index in [4.69, 9.17) is 0 Å². The summed E-state index contributed by atoms with van der Waals surface area (Å²) in [6, 6.07) is 20.9. The van der Waals surface area contributed by atoms with Gasteiger partial charge in [-0.1, -0.05) is 12.1 Å². The van der Waals surface area contributed by atoms with Crippen LogP contribution in [0.1, 0.15) is 12.0 Å². The highest BCUT2D eigenvalue weighted by Crippen LogP contribution is 2.31. The van der Waals surface area contributed by atoms with E-state index in [1.165, 1.54) is 17.9 Å². The van der Waals surface area contributed by atoms with Gasteiger partial charge in [0.05, 0.1) is 6.21 Å². The third-order valence-electron chi connectivity index (χ3n) is 5.16. The smallest absolute Gasteiger partial charge is 0.241 e. The summed E-state index contributed by atoms with van der Waals surface area (Å²) in [5.74, 6) is -0.104. The molecule has 5 nitrogen and oxygen atoms in total. The van der Waals surface area contributed by atoms with Crippen LogP contribution >= 0.6 is 45.2 Å². The number of rotatable bonds is 6. The van der Waals surface area contributed by atoms with E-state index in [2.05, 4.69) is 96.7 Å². The van der Waals surface area contributed by atoms with Crippen molar-refractivity contribution in [2.45, 2.75) is 13.0 Å². The average Bonchev–Trinajstić information content (AvgIpc) is 3.04. The predicted octanol–water partition coefficient (Wildman–Crippen LogP) is 5.61. The molecule has 0 saturated carbocycles. The first-order valence-electron chi connectivity index (χ1n) is 9.89. The van der Waals surface area contributed by atoms with E-state index in [1.54, 1.807) is 6.21 Å². The predicted molar refractivity (Wildman–Crippen MR) is 146 cm³/mol. The molecule has 1 N–H and O–H groups in total. The van der Waals surface area contributed by atoms with E-state index in [0.717, 1.165) is 22.3 Å². The molecule has 0 bridgehead atoms. The highest BCUT2D eigenvalue weighted by atomic mass is 127. The zero-order chi connectivity index (χ0) is 22.0. The van der Waals surface area contributed by atoms with Crippen molar-refractivity contribution in [3.05, 3.63) is 73.4 Å². The zero-order valence-electron chi connectivity index (χ0n) is 17.3. The van der Waals surface area contributed by atoms with Crippen LogP contribution < -0.4 is 10.3 Å². The molecule has 0 radical (unpaired) electrons. The van der Waals surface area contributed by atoms with E-state index < -0.39 is 0 Å². The summed E-state index contributed by atoms with van der Waals surface area (Å²) in [6.07, 6.45) is 2.02. The molecule has 0 saturated heterocycles. The van der Waals surface area contributed by atoms with Crippen LogP contribution in [0.3, 0.4) is 0 Å². The van der Waals surface area contributed by atoms with Crippen LogP contribution in [0.15, 0.2) is 65.8 Å². The average molecular weight is 636 g/mol. The number of hydrogen-bond acceptors (Lipinski definition) is 3. The number of nitrogens with one attached hydrogen (secondary N) is 1. The van der Waals surface area contributed by atoms with E-state index in [0.29, 0.717) is 13.0 Å². The van der Waals surface area contributed by atoms with Gasteiger partial charge in [0.1, 0.15) is 0 Å². The number of carbonyl (C=O) groups excluding carboxylic acids is 1. The number of aryl methyl sites for hydroxylation is 1. The molecule has 3 aromatic carbocycles. The lowest BCUT2D eigenvalue weighted by molar-refractivity contribution is -0.121. The molecule has 0 fully saturated rings. The molecule has 158 valence electrons. The van der Waals surface area contributed by atoms with Crippen molar-refractivity contribution < 1.29 is 4.79 Å². The van der Waals surface area contributed by atoms with Crippen molar-refractivity contribution in [2.24, 2.45) is 5.10 Å². The standard InChI is InChI=1S/C24H22I2N4O/c1-29(2)19-7-3-16(4-8-19)15-27-28-24(31)11-12-30-22-9-5-17(25)13-20(22)21-14-18(26)6-10-23(21)30/h3-10,13-15H,11-12H2,1-2H3,(H,28,31)/b27-15-. The first-order chi connectivity index (χ1) is 14.9. The van der Waals surface area contributed by atoms with Crippen LogP contribution in [0, 0.1) is 7.14 Å². The summed E-state index contributed by atoms with van der Waals surface area (Å²) < 4.78 is 4.63. The molecule has 0 atom stereocenters. The highest BCUT2D eigenvalue weighted by Gasteiger charge is 2.12. The second-order valence-corrected chi connectivity index (χ2v) is 9.99. The molecule has 1 heterocycles. The van der Waals surface area contributed by atoms with Gasteiger partial charge in [0.15, 0.2) is 0 Å². The normalized spacial score (nSPS) is 11.5. The number of amides is 1. The number of aromatic nitrogens is 1. The van der Waals surface area contributed by atoms with Gasteiger partial charge in [0, 0.05) is 61.7 Å². The van der Waals surface area contributed by atoms with Gasteiger partial charge in [-0.25, -0.2) is 5.43 Å². The Balaban J connectivity index is 1.46. The second-order valence-electron chi connectivity index (χ2n) is 7.50. The van der Waals surface area contributed by atoms with E-state index in [-0.39, 0.29) is 5.91 Å². The Morgan fingerprint density at radius 3 is 2.10 bits per heavy atom. The molecule has 1 amide bonds. The number of benzene rings is 3. The van der Waals surface area contributed by atoms with Crippen LogP contribution in [-0.2, 0) is 11.3 Å². The van der Waals surface area contributed by atoms with Gasteiger partial charge in [-0.05, 0) is 99.3 Å². The minimum absolute atomic E-state index is 0.104. The van der Waals surface area contributed by atoms with Crippen LogP contribution in [0.5, 0.6) is 0 Å². The van der Waals surface area contributed by atoms with Gasteiger partial charge in [-0.2, -0.15) is 5.10 Å². The van der Waals surface area contributed by atoms with Crippen LogP contribution in [0.4, 0.5) is 5.69 Å². The second kappa shape index (κ2) is 9.56. The lowest BCUT2D eigenvalue weighted by Crippen LogP contribution is -2.19. The Morgan fingerprint density at radius 2 is 1.55 bits per heavy atom. The van der Waals surface area contributed by atoms with Crippen molar-refractivity contribution in [1.82, 2.24) is 9.99 Å². The molecule has 0 spiro atoms. The van der Waals surface area contributed by atoms with Gasteiger partial charge in [0.2, 0.25) is 5.91 Å². The SMILES string of the molecule is CN(C)c1ccc(/C=N\NC(=O)CCn2c3ccc(I)cc3c3cc(I)ccc32)cc1. The van der Waals surface area contributed by atoms with E-state index in [9.17, 15) is 4.79 Å². The van der Waals surface area contributed by atoms with Gasteiger partial charge >= 0.3 is 0 Å². The number of hydrogen-bond donors (Lipinski definition) is 1. The minimum Gasteiger partial charge on any atom is -0.378 e. The first-order valence-corrected chi connectivity index (χ1v) is 12.0. The molecule has 0 aliphatic rings. The molecule has 7 heteroatoms. The number of hydrazone groups is 1.